The summed E-state index contributed by atoms with van der Waals surface area (Å²) in [6.45, 7) is 1.11. The first-order chi connectivity index (χ1) is 11.1. The number of hydrogen-bond donors (Lipinski definition) is 2. The van der Waals surface area contributed by atoms with Crippen molar-refractivity contribution in [3.05, 3.63) is 42.0 Å². The predicted molar refractivity (Wildman–Crippen MR) is 80.5 cm³/mol. The molecule has 0 spiro atoms. The Kier molecular flexibility index (Phi) is 5.87. The summed E-state index contributed by atoms with van der Waals surface area (Å²) in [5.74, 6) is -2.46. The SMILES string of the molecule is O=C([O-])/C=C/C(=O)Nc1ccccc1C(=O)NC[C@@H]1CCCO1. The van der Waals surface area contributed by atoms with Crippen LogP contribution >= 0.6 is 0 Å². The van der Waals surface area contributed by atoms with Crippen LogP contribution in [0.2, 0.25) is 0 Å². The Bertz CT molecular complexity index is 621. The highest BCUT2D eigenvalue weighted by atomic mass is 16.5. The van der Waals surface area contributed by atoms with Gasteiger partial charge in [0.1, 0.15) is 0 Å². The van der Waals surface area contributed by atoms with E-state index in [1.807, 2.05) is 0 Å². The normalized spacial score (nSPS) is 17.1. The molecule has 2 rings (SSSR count). The summed E-state index contributed by atoms with van der Waals surface area (Å²) in [6, 6.07) is 6.47. The number of nitrogens with one attached hydrogen (secondary N) is 2. The van der Waals surface area contributed by atoms with E-state index in [9.17, 15) is 19.5 Å². The summed E-state index contributed by atoms with van der Waals surface area (Å²) in [5.41, 5.74) is 0.589. The molecule has 7 heteroatoms. The maximum atomic E-state index is 12.2. The van der Waals surface area contributed by atoms with Crippen molar-refractivity contribution in [2.24, 2.45) is 0 Å². The monoisotopic (exact) mass is 317 g/mol. The van der Waals surface area contributed by atoms with Gasteiger partial charge in [0.15, 0.2) is 0 Å². The minimum absolute atomic E-state index is 0.0201. The number of aliphatic carboxylic acids is 1. The quantitative estimate of drug-likeness (QED) is 0.709. The first-order valence-electron chi connectivity index (χ1n) is 7.25. The van der Waals surface area contributed by atoms with Crippen molar-refractivity contribution in [2.45, 2.75) is 18.9 Å². The van der Waals surface area contributed by atoms with E-state index in [1.165, 1.54) is 0 Å². The Morgan fingerprint density at radius 3 is 2.74 bits per heavy atom. The second kappa shape index (κ2) is 8.09. The van der Waals surface area contributed by atoms with E-state index in [0.717, 1.165) is 18.9 Å². The number of amides is 2. The standard InChI is InChI=1S/C16H18N2O5/c19-14(7-8-15(20)21)18-13-6-2-1-5-12(13)16(22)17-10-11-4-3-9-23-11/h1-2,5-8,11H,3-4,9-10H2,(H,17,22)(H,18,19)(H,20,21)/p-1/b8-7+/t11-/m0/s1. The summed E-state index contributed by atoms with van der Waals surface area (Å²) < 4.78 is 5.43. The lowest BCUT2D eigenvalue weighted by Gasteiger charge is -2.13. The van der Waals surface area contributed by atoms with E-state index in [0.29, 0.717) is 30.5 Å². The van der Waals surface area contributed by atoms with Gasteiger partial charge in [-0.2, -0.15) is 0 Å². The molecule has 23 heavy (non-hydrogen) atoms. The topological polar surface area (TPSA) is 108 Å². The number of carboxylic acid groups (broad SMARTS) is 1. The van der Waals surface area contributed by atoms with Gasteiger partial charge >= 0.3 is 0 Å². The summed E-state index contributed by atoms with van der Waals surface area (Å²) >= 11 is 0. The van der Waals surface area contributed by atoms with Crippen LogP contribution in [-0.2, 0) is 14.3 Å². The van der Waals surface area contributed by atoms with Crippen molar-refractivity contribution in [2.75, 3.05) is 18.5 Å². The third-order valence-electron chi connectivity index (χ3n) is 3.31. The number of rotatable bonds is 6. The Labute approximate surface area is 133 Å². The molecule has 1 atom stereocenters. The average Bonchev–Trinajstić information content (AvgIpc) is 3.04. The molecule has 7 nitrogen and oxygen atoms in total. The molecule has 1 aromatic carbocycles. The van der Waals surface area contributed by atoms with Crippen LogP contribution in [0.15, 0.2) is 36.4 Å². The molecular weight excluding hydrogens is 300 g/mol. The number of carbonyl (C=O) groups excluding carboxylic acids is 3. The molecule has 1 saturated heterocycles. The third-order valence-corrected chi connectivity index (χ3v) is 3.31. The van der Waals surface area contributed by atoms with Crippen LogP contribution in [0.5, 0.6) is 0 Å². The van der Waals surface area contributed by atoms with E-state index < -0.39 is 11.9 Å². The van der Waals surface area contributed by atoms with Crippen molar-refractivity contribution in [3.8, 4) is 0 Å². The Morgan fingerprint density at radius 2 is 2.04 bits per heavy atom. The zero-order chi connectivity index (χ0) is 16.7. The molecule has 0 aromatic heterocycles. The molecule has 0 unspecified atom stereocenters. The zero-order valence-corrected chi connectivity index (χ0v) is 12.4. The Morgan fingerprint density at radius 1 is 1.26 bits per heavy atom. The molecule has 1 aromatic rings. The molecule has 0 bridgehead atoms. The van der Waals surface area contributed by atoms with Crippen LogP contribution in [-0.4, -0.2) is 37.0 Å². The van der Waals surface area contributed by atoms with Gasteiger partial charge in [0.2, 0.25) is 5.91 Å². The number of para-hydroxylation sites is 1. The maximum absolute atomic E-state index is 12.2. The number of benzene rings is 1. The van der Waals surface area contributed by atoms with Crippen molar-refractivity contribution in [1.29, 1.82) is 0 Å². The second-order valence-corrected chi connectivity index (χ2v) is 5.03. The highest BCUT2D eigenvalue weighted by Crippen LogP contribution is 2.16. The molecule has 1 aliphatic heterocycles. The average molecular weight is 317 g/mol. The number of ether oxygens (including phenoxy) is 1. The smallest absolute Gasteiger partial charge is 0.253 e. The van der Waals surface area contributed by atoms with Gasteiger partial charge in [0.05, 0.1) is 23.3 Å². The van der Waals surface area contributed by atoms with Gasteiger partial charge in [-0.15, -0.1) is 0 Å². The van der Waals surface area contributed by atoms with Crippen molar-refractivity contribution in [1.82, 2.24) is 5.32 Å². The minimum Gasteiger partial charge on any atom is -0.545 e. The fraction of sp³-hybridized carbons (Fsp3) is 0.312. The number of carbonyl (C=O) groups is 3. The molecule has 1 fully saturated rings. The highest BCUT2D eigenvalue weighted by Gasteiger charge is 2.18. The fourth-order valence-corrected chi connectivity index (χ4v) is 2.22. The molecular formula is C16H17N2O5-. The summed E-state index contributed by atoms with van der Waals surface area (Å²) in [6.07, 6.45) is 3.36. The fourth-order valence-electron chi connectivity index (χ4n) is 2.22. The third kappa shape index (κ3) is 5.23. The number of hydrogen-bond acceptors (Lipinski definition) is 5. The van der Waals surface area contributed by atoms with E-state index in [4.69, 9.17) is 4.74 Å². The van der Waals surface area contributed by atoms with Crippen molar-refractivity contribution < 1.29 is 24.2 Å². The van der Waals surface area contributed by atoms with Crippen molar-refractivity contribution in [3.63, 3.8) is 0 Å². The van der Waals surface area contributed by atoms with Gasteiger partial charge in [-0.05, 0) is 31.1 Å². The molecule has 0 saturated carbocycles. The van der Waals surface area contributed by atoms with Crippen LogP contribution in [0.3, 0.4) is 0 Å². The van der Waals surface area contributed by atoms with Crippen molar-refractivity contribution >= 4 is 23.5 Å². The van der Waals surface area contributed by atoms with Gasteiger partial charge in [0, 0.05) is 19.2 Å². The van der Waals surface area contributed by atoms with E-state index >= 15 is 0 Å². The Hall–Kier alpha value is -2.67. The number of anilines is 1. The lowest BCUT2D eigenvalue weighted by atomic mass is 10.1. The molecule has 0 aliphatic carbocycles. The molecule has 2 amide bonds. The lowest BCUT2D eigenvalue weighted by Crippen LogP contribution is -2.32. The summed E-state index contributed by atoms with van der Waals surface area (Å²) in [4.78, 5) is 34.1. The van der Waals surface area contributed by atoms with E-state index in [2.05, 4.69) is 10.6 Å². The van der Waals surface area contributed by atoms with Gasteiger partial charge in [-0.1, -0.05) is 12.1 Å². The van der Waals surface area contributed by atoms with Gasteiger partial charge in [0.25, 0.3) is 5.91 Å². The molecule has 1 heterocycles. The largest absolute Gasteiger partial charge is 0.545 e. The van der Waals surface area contributed by atoms with Crippen LogP contribution < -0.4 is 15.7 Å². The minimum atomic E-state index is -1.47. The molecule has 1 aliphatic rings. The number of carboxylic acids is 1. The summed E-state index contributed by atoms with van der Waals surface area (Å²) in [7, 11) is 0. The van der Waals surface area contributed by atoms with Crippen LogP contribution in [0.4, 0.5) is 5.69 Å². The van der Waals surface area contributed by atoms with E-state index in [1.54, 1.807) is 24.3 Å². The lowest BCUT2D eigenvalue weighted by molar-refractivity contribution is -0.297. The Balaban J connectivity index is 1.99. The first-order valence-corrected chi connectivity index (χ1v) is 7.25. The molecule has 0 radical (unpaired) electrons. The zero-order valence-electron chi connectivity index (χ0n) is 12.4. The van der Waals surface area contributed by atoms with Gasteiger partial charge < -0.3 is 25.3 Å². The van der Waals surface area contributed by atoms with Gasteiger partial charge in [-0.3, -0.25) is 9.59 Å². The van der Waals surface area contributed by atoms with Crippen LogP contribution in [0, 0.1) is 0 Å². The first kappa shape index (κ1) is 16.7. The molecule has 122 valence electrons. The van der Waals surface area contributed by atoms with Crippen LogP contribution in [0.25, 0.3) is 0 Å². The highest BCUT2D eigenvalue weighted by molar-refractivity contribution is 6.07. The summed E-state index contributed by atoms with van der Waals surface area (Å²) in [5, 5.41) is 15.5. The predicted octanol–water partition coefficient (Wildman–Crippen LogP) is -0.160. The maximum Gasteiger partial charge on any atom is 0.253 e. The molecule has 2 N–H and O–H groups in total. The second-order valence-electron chi connectivity index (χ2n) is 5.03. The van der Waals surface area contributed by atoms with E-state index in [-0.39, 0.29) is 12.0 Å². The van der Waals surface area contributed by atoms with Crippen LogP contribution in [0.1, 0.15) is 23.2 Å². The van der Waals surface area contributed by atoms with Gasteiger partial charge in [-0.25, -0.2) is 0 Å².